The van der Waals surface area contributed by atoms with Crippen LogP contribution in [0.2, 0.25) is 0 Å². The smallest absolute Gasteiger partial charge is 0.337 e. The molecule has 3 aromatic rings. The molecule has 0 saturated heterocycles. The summed E-state index contributed by atoms with van der Waals surface area (Å²) in [7, 11) is 0. The average Bonchev–Trinajstić information content (AvgIpc) is 2.90. The van der Waals surface area contributed by atoms with Gasteiger partial charge in [-0.05, 0) is 17.7 Å². The van der Waals surface area contributed by atoms with E-state index in [2.05, 4.69) is 0 Å². The van der Waals surface area contributed by atoms with Gasteiger partial charge in [0.1, 0.15) is 0 Å². The quantitative estimate of drug-likeness (QED) is 0.807. The van der Waals surface area contributed by atoms with Gasteiger partial charge >= 0.3 is 5.97 Å². The van der Waals surface area contributed by atoms with Crippen LogP contribution in [0.5, 0.6) is 0 Å². The molecule has 0 atom stereocenters. The van der Waals surface area contributed by atoms with Crippen LogP contribution in [-0.4, -0.2) is 15.0 Å². The van der Waals surface area contributed by atoms with Gasteiger partial charge in [-0.2, -0.15) is 0 Å². The number of aromatic carboxylic acids is 1. The van der Waals surface area contributed by atoms with E-state index >= 15 is 0 Å². The lowest BCUT2D eigenvalue weighted by Gasteiger charge is -2.04. The number of hydrogen-bond acceptors (Lipinski definition) is 3. The lowest BCUT2D eigenvalue weighted by atomic mass is 10.2. The maximum absolute atomic E-state index is 12.2. The predicted molar refractivity (Wildman–Crippen MR) is 82.3 cm³/mol. The molecule has 0 radical (unpaired) electrons. The Morgan fingerprint density at radius 1 is 1.00 bits per heavy atom. The molecule has 1 aromatic heterocycles. The molecule has 0 aliphatic rings. The minimum absolute atomic E-state index is 0.112. The first-order valence-corrected chi connectivity index (χ1v) is 7.05. The highest BCUT2D eigenvalue weighted by Crippen LogP contribution is 2.25. The van der Waals surface area contributed by atoms with Crippen molar-refractivity contribution in [3.63, 3.8) is 0 Å². The summed E-state index contributed by atoms with van der Waals surface area (Å²) < 4.78 is 1.41. The minimum atomic E-state index is -1.05. The average molecular weight is 297 g/mol. The normalized spacial score (nSPS) is 10.5. The van der Waals surface area contributed by atoms with E-state index in [1.54, 1.807) is 18.2 Å². The number of nitrogens with zero attached hydrogens (tertiary/aromatic N) is 1. The van der Waals surface area contributed by atoms with E-state index in [1.807, 2.05) is 30.3 Å². The Labute approximate surface area is 124 Å². The Hall–Kier alpha value is -2.66. The molecule has 0 unspecified atom stereocenters. The zero-order chi connectivity index (χ0) is 14.8. The van der Waals surface area contributed by atoms with Crippen LogP contribution in [0.1, 0.15) is 10.4 Å². The van der Waals surface area contributed by atoms with Gasteiger partial charge in [-0.1, -0.05) is 54.0 Å². The van der Waals surface area contributed by atoms with Gasteiger partial charge in [0.15, 0.2) is 0 Å². The molecule has 0 spiro atoms. The van der Waals surface area contributed by atoms with Gasteiger partial charge in [-0.25, -0.2) is 8.75 Å². The van der Waals surface area contributed by atoms with Crippen LogP contribution >= 0.6 is 11.5 Å². The molecule has 104 valence electrons. The summed E-state index contributed by atoms with van der Waals surface area (Å²) in [5.74, 6) is -1.05. The second kappa shape index (κ2) is 5.38. The molecule has 0 fully saturated rings. The summed E-state index contributed by atoms with van der Waals surface area (Å²) in [4.78, 5) is 24.2. The van der Waals surface area contributed by atoms with Crippen molar-refractivity contribution >= 4 is 17.5 Å². The maximum atomic E-state index is 12.2. The highest BCUT2D eigenvalue weighted by molar-refractivity contribution is 7.10. The van der Waals surface area contributed by atoms with Crippen molar-refractivity contribution in [1.82, 2.24) is 3.96 Å². The van der Waals surface area contributed by atoms with E-state index in [4.69, 9.17) is 0 Å². The van der Waals surface area contributed by atoms with Gasteiger partial charge in [0.25, 0.3) is 5.56 Å². The predicted octanol–water partition coefficient (Wildman–Crippen LogP) is 3.26. The van der Waals surface area contributed by atoms with Crippen LogP contribution in [0.3, 0.4) is 0 Å². The van der Waals surface area contributed by atoms with E-state index in [9.17, 15) is 14.7 Å². The summed E-state index contributed by atoms with van der Waals surface area (Å²) in [6.07, 6.45) is 0. The molecular weight excluding hydrogens is 286 g/mol. The van der Waals surface area contributed by atoms with E-state index in [0.29, 0.717) is 5.69 Å². The van der Waals surface area contributed by atoms with Crippen LogP contribution < -0.4 is 5.56 Å². The lowest BCUT2D eigenvalue weighted by Crippen LogP contribution is -2.13. The Morgan fingerprint density at radius 2 is 1.67 bits per heavy atom. The molecule has 1 heterocycles. The van der Waals surface area contributed by atoms with Gasteiger partial charge < -0.3 is 5.11 Å². The summed E-state index contributed by atoms with van der Waals surface area (Å²) in [5, 5.41) is 9.23. The number of rotatable bonds is 3. The summed E-state index contributed by atoms with van der Waals surface area (Å²) in [6, 6.07) is 17.5. The van der Waals surface area contributed by atoms with Crippen molar-refractivity contribution in [3.05, 3.63) is 76.6 Å². The monoisotopic (exact) mass is 297 g/mol. The Kier molecular flexibility index (Phi) is 3.41. The van der Waals surface area contributed by atoms with Crippen LogP contribution in [0, 0.1) is 0 Å². The molecule has 1 N–H and O–H groups in total. The number of hydrogen-bond donors (Lipinski definition) is 1. The number of carboxylic acids is 1. The fourth-order valence-electron chi connectivity index (χ4n) is 2.08. The molecule has 0 aliphatic heterocycles. The summed E-state index contributed by atoms with van der Waals surface area (Å²) in [5.41, 5.74) is 1.21. The highest BCUT2D eigenvalue weighted by atomic mass is 32.1. The van der Waals surface area contributed by atoms with Gasteiger partial charge in [0.05, 0.1) is 16.1 Å². The molecular formula is C16H11NO3S. The number of carboxylic acid groups (broad SMARTS) is 1. The third-order valence-electron chi connectivity index (χ3n) is 3.06. The number of carbonyl (C=O) groups is 1. The molecule has 3 rings (SSSR count). The molecule has 2 aromatic carbocycles. The first kappa shape index (κ1) is 13.3. The topological polar surface area (TPSA) is 59.3 Å². The Bertz CT molecular complexity index is 849. The zero-order valence-corrected chi connectivity index (χ0v) is 11.7. The van der Waals surface area contributed by atoms with Crippen LogP contribution in [0.4, 0.5) is 0 Å². The largest absolute Gasteiger partial charge is 0.478 e. The second-order valence-corrected chi connectivity index (χ2v) is 5.41. The van der Waals surface area contributed by atoms with Gasteiger partial charge in [-0.3, -0.25) is 4.79 Å². The Morgan fingerprint density at radius 3 is 2.38 bits per heavy atom. The van der Waals surface area contributed by atoms with Crippen molar-refractivity contribution in [1.29, 1.82) is 0 Å². The number of para-hydroxylation sites is 1. The second-order valence-electron chi connectivity index (χ2n) is 4.42. The van der Waals surface area contributed by atoms with Gasteiger partial charge in [0, 0.05) is 6.07 Å². The van der Waals surface area contributed by atoms with Crippen molar-refractivity contribution in [2.24, 2.45) is 0 Å². The summed E-state index contributed by atoms with van der Waals surface area (Å²) in [6.45, 7) is 0. The molecule has 4 nitrogen and oxygen atoms in total. The van der Waals surface area contributed by atoms with E-state index in [0.717, 1.165) is 10.4 Å². The fraction of sp³-hybridized carbons (Fsp3) is 0. The number of benzene rings is 2. The van der Waals surface area contributed by atoms with E-state index < -0.39 is 5.97 Å². The lowest BCUT2D eigenvalue weighted by molar-refractivity contribution is 0.0697. The SMILES string of the molecule is O=C(O)c1ccccc1-n1sc(-c2ccccc2)cc1=O. The van der Waals surface area contributed by atoms with Crippen molar-refractivity contribution in [2.45, 2.75) is 0 Å². The maximum Gasteiger partial charge on any atom is 0.337 e. The molecule has 0 saturated carbocycles. The molecule has 5 heteroatoms. The first-order chi connectivity index (χ1) is 10.2. The standard InChI is InChI=1S/C16H11NO3S/c18-15-10-14(11-6-2-1-3-7-11)21-17(15)13-9-5-4-8-12(13)16(19)20/h1-10H,(H,19,20). The van der Waals surface area contributed by atoms with Gasteiger partial charge in [-0.15, -0.1) is 0 Å². The van der Waals surface area contributed by atoms with Crippen molar-refractivity contribution < 1.29 is 9.90 Å². The van der Waals surface area contributed by atoms with E-state index in [-0.39, 0.29) is 11.1 Å². The molecule has 0 amide bonds. The molecule has 21 heavy (non-hydrogen) atoms. The minimum Gasteiger partial charge on any atom is -0.478 e. The van der Waals surface area contributed by atoms with Crippen molar-refractivity contribution in [3.8, 4) is 16.1 Å². The fourth-order valence-corrected chi connectivity index (χ4v) is 3.07. The van der Waals surface area contributed by atoms with Gasteiger partial charge in [0.2, 0.25) is 0 Å². The van der Waals surface area contributed by atoms with E-state index in [1.165, 1.54) is 27.6 Å². The third kappa shape index (κ3) is 2.51. The van der Waals surface area contributed by atoms with Crippen LogP contribution in [-0.2, 0) is 0 Å². The molecule has 0 bridgehead atoms. The van der Waals surface area contributed by atoms with Crippen molar-refractivity contribution in [2.75, 3.05) is 0 Å². The Balaban J connectivity index is 2.16. The third-order valence-corrected chi connectivity index (χ3v) is 4.17. The first-order valence-electron chi connectivity index (χ1n) is 6.28. The number of aromatic nitrogens is 1. The van der Waals surface area contributed by atoms with Crippen LogP contribution in [0.25, 0.3) is 16.1 Å². The molecule has 0 aliphatic carbocycles. The zero-order valence-electron chi connectivity index (χ0n) is 10.9. The van der Waals surface area contributed by atoms with Crippen LogP contribution in [0.15, 0.2) is 65.5 Å². The summed E-state index contributed by atoms with van der Waals surface area (Å²) >= 11 is 1.24. The highest BCUT2D eigenvalue weighted by Gasteiger charge is 2.14.